The Bertz CT molecular complexity index is 530. The molecule has 0 saturated carbocycles. The minimum absolute atomic E-state index is 0.000403. The van der Waals surface area contributed by atoms with Crippen LogP contribution in [0.5, 0.6) is 0 Å². The second kappa shape index (κ2) is 5.97. The molecule has 5 nitrogen and oxygen atoms in total. The molecule has 0 aromatic heterocycles. The second-order valence-electron chi connectivity index (χ2n) is 4.46. The zero-order valence-electron chi connectivity index (χ0n) is 11.2. The van der Waals surface area contributed by atoms with Gasteiger partial charge in [-0.05, 0) is 12.8 Å². The summed E-state index contributed by atoms with van der Waals surface area (Å²) in [5.74, 6) is 1.59. The highest BCUT2D eigenvalue weighted by molar-refractivity contribution is 5.91. The van der Waals surface area contributed by atoms with Gasteiger partial charge in [0.2, 0.25) is 5.88 Å². The number of hydrogen-bond donors (Lipinski definition) is 1. The van der Waals surface area contributed by atoms with Crippen molar-refractivity contribution in [2.45, 2.75) is 20.8 Å². The molecule has 100 valence electrons. The number of rotatable bonds is 3. The van der Waals surface area contributed by atoms with Crippen molar-refractivity contribution in [3.63, 3.8) is 0 Å². The van der Waals surface area contributed by atoms with E-state index in [4.69, 9.17) is 26.9 Å². The first-order valence-corrected chi connectivity index (χ1v) is 5.83. The highest BCUT2D eigenvalue weighted by Gasteiger charge is 2.36. The molecular formula is C14H16N2O3. The van der Waals surface area contributed by atoms with Crippen LogP contribution in [-0.2, 0) is 14.3 Å². The average Bonchev–Trinajstić information content (AvgIpc) is 2.34. The van der Waals surface area contributed by atoms with Gasteiger partial charge < -0.3 is 15.2 Å². The molecule has 1 atom stereocenters. The molecule has 0 bridgehead atoms. The Morgan fingerprint density at radius 3 is 2.74 bits per heavy atom. The minimum atomic E-state index is -0.575. The van der Waals surface area contributed by atoms with Crippen molar-refractivity contribution in [3.05, 3.63) is 22.8 Å². The van der Waals surface area contributed by atoms with Gasteiger partial charge in [-0.2, -0.15) is 5.26 Å². The predicted molar refractivity (Wildman–Crippen MR) is 68.7 cm³/mol. The molecule has 1 aliphatic rings. The first-order chi connectivity index (χ1) is 8.93. The molecule has 0 aliphatic carbocycles. The van der Waals surface area contributed by atoms with Crippen LogP contribution in [0.4, 0.5) is 0 Å². The van der Waals surface area contributed by atoms with E-state index in [0.717, 1.165) is 0 Å². The average molecular weight is 260 g/mol. The molecule has 0 fully saturated rings. The van der Waals surface area contributed by atoms with Gasteiger partial charge in [-0.25, -0.2) is 4.79 Å². The number of carbonyl (C=O) groups excluding carboxylic acids is 1. The maximum atomic E-state index is 12.0. The summed E-state index contributed by atoms with van der Waals surface area (Å²) in [6.07, 6.45) is 5.05. The Kier molecular flexibility index (Phi) is 4.61. The summed E-state index contributed by atoms with van der Waals surface area (Å²) < 4.78 is 10.2. The molecule has 0 saturated heterocycles. The van der Waals surface area contributed by atoms with Crippen LogP contribution in [0.3, 0.4) is 0 Å². The highest BCUT2D eigenvalue weighted by atomic mass is 16.5. The lowest BCUT2D eigenvalue weighted by Gasteiger charge is -2.28. The van der Waals surface area contributed by atoms with E-state index in [2.05, 4.69) is 5.92 Å². The van der Waals surface area contributed by atoms with Crippen molar-refractivity contribution in [1.82, 2.24) is 0 Å². The third-order valence-corrected chi connectivity index (χ3v) is 2.82. The number of hydrogen-bond acceptors (Lipinski definition) is 5. The van der Waals surface area contributed by atoms with E-state index in [-0.39, 0.29) is 24.0 Å². The van der Waals surface area contributed by atoms with Crippen LogP contribution in [-0.4, -0.2) is 12.6 Å². The van der Waals surface area contributed by atoms with E-state index in [1.54, 1.807) is 6.92 Å². The summed E-state index contributed by atoms with van der Waals surface area (Å²) >= 11 is 0. The molecule has 0 aromatic carbocycles. The van der Waals surface area contributed by atoms with Crippen molar-refractivity contribution in [1.29, 1.82) is 5.26 Å². The Morgan fingerprint density at radius 2 is 2.26 bits per heavy atom. The van der Waals surface area contributed by atoms with Crippen LogP contribution >= 0.6 is 0 Å². The van der Waals surface area contributed by atoms with Crippen molar-refractivity contribution < 1.29 is 14.3 Å². The highest BCUT2D eigenvalue weighted by Crippen LogP contribution is 2.36. The first kappa shape index (κ1) is 14.7. The Balaban J connectivity index is 3.21. The summed E-state index contributed by atoms with van der Waals surface area (Å²) in [5, 5.41) is 9.17. The number of nitrogens with two attached hydrogens (primary N) is 1. The molecule has 0 amide bonds. The van der Waals surface area contributed by atoms with E-state index in [1.165, 1.54) is 0 Å². The Hall–Kier alpha value is -2.40. The lowest BCUT2D eigenvalue weighted by atomic mass is 9.80. The van der Waals surface area contributed by atoms with Gasteiger partial charge in [0.05, 0.1) is 11.1 Å². The zero-order valence-corrected chi connectivity index (χ0v) is 11.2. The third-order valence-electron chi connectivity index (χ3n) is 2.82. The van der Waals surface area contributed by atoms with E-state index < -0.39 is 11.9 Å². The normalized spacial score (nSPS) is 18.7. The molecule has 1 rings (SSSR count). The molecule has 1 heterocycles. The Labute approximate surface area is 112 Å². The van der Waals surface area contributed by atoms with Gasteiger partial charge in [-0.3, -0.25) is 0 Å². The lowest BCUT2D eigenvalue weighted by molar-refractivity contribution is -0.138. The van der Waals surface area contributed by atoms with Crippen molar-refractivity contribution in [3.8, 4) is 18.4 Å². The number of nitrogens with zero attached hydrogens (tertiary/aromatic N) is 1. The van der Waals surface area contributed by atoms with Gasteiger partial charge in [0.15, 0.2) is 6.61 Å². The van der Waals surface area contributed by atoms with Gasteiger partial charge in [0.1, 0.15) is 11.8 Å². The number of terminal acetylenes is 1. The standard InChI is InChI=1S/C14H16N2O3/c1-5-6-18-14(17)12-9(4)19-13(16)10(7-15)11(12)8(2)3/h1,8,11H,6,16H2,2-4H3. The van der Waals surface area contributed by atoms with E-state index in [1.807, 2.05) is 19.9 Å². The zero-order chi connectivity index (χ0) is 14.6. The molecule has 0 spiro atoms. The maximum Gasteiger partial charge on any atom is 0.339 e. The predicted octanol–water partition coefficient (Wildman–Crippen LogP) is 1.43. The molecule has 1 unspecified atom stereocenters. The maximum absolute atomic E-state index is 12.0. The van der Waals surface area contributed by atoms with Gasteiger partial charge in [-0.1, -0.05) is 19.8 Å². The fourth-order valence-corrected chi connectivity index (χ4v) is 2.04. The molecule has 2 N–H and O–H groups in total. The molecule has 1 aliphatic heterocycles. The molecule has 5 heteroatoms. The largest absolute Gasteiger partial charge is 0.449 e. The van der Waals surface area contributed by atoms with Gasteiger partial charge in [-0.15, -0.1) is 6.42 Å². The number of allylic oxidation sites excluding steroid dienone is 2. The summed E-state index contributed by atoms with van der Waals surface area (Å²) in [7, 11) is 0. The fraction of sp³-hybridized carbons (Fsp3) is 0.429. The summed E-state index contributed by atoms with van der Waals surface area (Å²) in [5.41, 5.74) is 6.23. The van der Waals surface area contributed by atoms with E-state index in [9.17, 15) is 4.79 Å². The van der Waals surface area contributed by atoms with Crippen LogP contribution in [0.2, 0.25) is 0 Å². The van der Waals surface area contributed by atoms with Crippen LogP contribution in [0, 0.1) is 35.5 Å². The van der Waals surface area contributed by atoms with Crippen LogP contribution in [0.1, 0.15) is 20.8 Å². The summed E-state index contributed by atoms with van der Waals surface area (Å²) in [6.45, 7) is 5.27. The van der Waals surface area contributed by atoms with E-state index in [0.29, 0.717) is 11.3 Å². The van der Waals surface area contributed by atoms with Crippen LogP contribution in [0.15, 0.2) is 22.8 Å². The monoisotopic (exact) mass is 260 g/mol. The van der Waals surface area contributed by atoms with Crippen LogP contribution < -0.4 is 5.73 Å². The van der Waals surface area contributed by atoms with Crippen molar-refractivity contribution in [2.75, 3.05) is 6.61 Å². The van der Waals surface area contributed by atoms with Gasteiger partial charge in [0, 0.05) is 5.92 Å². The van der Waals surface area contributed by atoms with Gasteiger partial charge in [0.25, 0.3) is 0 Å². The SMILES string of the molecule is C#CCOC(=O)C1=C(C)OC(N)=C(C#N)C1C(C)C. The van der Waals surface area contributed by atoms with E-state index >= 15 is 0 Å². The number of ether oxygens (including phenoxy) is 2. The minimum Gasteiger partial charge on any atom is -0.449 e. The number of nitriles is 1. The fourth-order valence-electron chi connectivity index (χ4n) is 2.04. The third kappa shape index (κ3) is 2.89. The summed E-state index contributed by atoms with van der Waals surface area (Å²) in [6, 6.07) is 1.99. The molecule has 0 radical (unpaired) electrons. The Morgan fingerprint density at radius 1 is 1.63 bits per heavy atom. The smallest absolute Gasteiger partial charge is 0.339 e. The molecular weight excluding hydrogens is 244 g/mol. The number of carbonyl (C=O) groups is 1. The van der Waals surface area contributed by atoms with Crippen molar-refractivity contribution in [2.24, 2.45) is 17.6 Å². The molecule has 0 aromatic rings. The number of esters is 1. The van der Waals surface area contributed by atoms with Crippen molar-refractivity contribution >= 4 is 5.97 Å². The second-order valence-corrected chi connectivity index (χ2v) is 4.46. The quantitative estimate of drug-likeness (QED) is 0.613. The summed E-state index contributed by atoms with van der Waals surface area (Å²) in [4.78, 5) is 12.0. The topological polar surface area (TPSA) is 85.3 Å². The van der Waals surface area contributed by atoms with Gasteiger partial charge >= 0.3 is 5.97 Å². The van der Waals surface area contributed by atoms with Crippen LogP contribution in [0.25, 0.3) is 0 Å². The molecule has 19 heavy (non-hydrogen) atoms. The first-order valence-electron chi connectivity index (χ1n) is 5.83. The lowest BCUT2D eigenvalue weighted by Crippen LogP contribution is -2.29.